The van der Waals surface area contributed by atoms with E-state index in [1.54, 1.807) is 4.68 Å². The van der Waals surface area contributed by atoms with Crippen molar-refractivity contribution < 1.29 is 4.79 Å². The number of H-pyrrole nitrogens is 1. The van der Waals surface area contributed by atoms with Crippen molar-refractivity contribution in [2.75, 3.05) is 5.32 Å². The molecule has 35 heavy (non-hydrogen) atoms. The van der Waals surface area contributed by atoms with Gasteiger partial charge in [-0.3, -0.25) is 9.59 Å². The van der Waals surface area contributed by atoms with Gasteiger partial charge in [-0.25, -0.2) is 14.6 Å². The zero-order valence-electron chi connectivity index (χ0n) is 18.8. The van der Waals surface area contributed by atoms with Gasteiger partial charge in [0.1, 0.15) is 11.2 Å². The average molecular weight is 483 g/mol. The summed E-state index contributed by atoms with van der Waals surface area (Å²) in [5, 5.41) is 10.1. The highest BCUT2D eigenvalue weighted by Gasteiger charge is 2.15. The highest BCUT2D eigenvalue weighted by Crippen LogP contribution is 2.30. The summed E-state index contributed by atoms with van der Waals surface area (Å²) in [6.07, 6.45) is 5.44. The van der Waals surface area contributed by atoms with E-state index < -0.39 is 0 Å². The predicted octanol–water partition coefficient (Wildman–Crippen LogP) is 4.29. The molecule has 9 heteroatoms. The van der Waals surface area contributed by atoms with Crippen LogP contribution in [0.5, 0.6) is 0 Å². The largest absolute Gasteiger partial charge is 0.310 e. The fourth-order valence-corrected chi connectivity index (χ4v) is 5.18. The maximum atomic E-state index is 12.6. The van der Waals surface area contributed by atoms with Crippen molar-refractivity contribution >= 4 is 33.4 Å². The second-order valence-corrected chi connectivity index (χ2v) is 9.42. The van der Waals surface area contributed by atoms with Crippen molar-refractivity contribution in [2.45, 2.75) is 32.1 Å². The Morgan fingerprint density at radius 2 is 1.94 bits per heavy atom. The fourth-order valence-electron chi connectivity index (χ4n) is 4.45. The first-order valence-electron chi connectivity index (χ1n) is 11.5. The molecule has 8 nitrogen and oxygen atoms in total. The lowest BCUT2D eigenvalue weighted by Crippen LogP contribution is -2.16. The third kappa shape index (κ3) is 4.26. The van der Waals surface area contributed by atoms with Crippen molar-refractivity contribution in [1.29, 1.82) is 0 Å². The summed E-state index contributed by atoms with van der Waals surface area (Å²) in [6, 6.07) is 16.0. The van der Waals surface area contributed by atoms with Gasteiger partial charge in [0, 0.05) is 23.8 Å². The molecule has 6 rings (SSSR count). The second-order valence-electron chi connectivity index (χ2n) is 8.56. The number of carbonyl (C=O) groups excluding carboxylic acids is 1. The molecule has 5 aromatic rings. The van der Waals surface area contributed by atoms with E-state index in [4.69, 9.17) is 0 Å². The second kappa shape index (κ2) is 8.92. The highest BCUT2D eigenvalue weighted by molar-refractivity contribution is 7.14. The van der Waals surface area contributed by atoms with Crippen molar-refractivity contribution in [3.8, 4) is 16.9 Å². The quantitative estimate of drug-likeness (QED) is 0.376. The maximum Gasteiger partial charge on any atom is 0.262 e. The zero-order valence-corrected chi connectivity index (χ0v) is 19.6. The Labute approximate surface area is 204 Å². The number of thiazole rings is 1. The van der Waals surface area contributed by atoms with E-state index >= 15 is 0 Å². The van der Waals surface area contributed by atoms with Crippen LogP contribution in [0.25, 0.3) is 28.0 Å². The summed E-state index contributed by atoms with van der Waals surface area (Å²) in [5.41, 5.74) is 5.77. The van der Waals surface area contributed by atoms with Gasteiger partial charge in [-0.05, 0) is 48.6 Å². The summed E-state index contributed by atoms with van der Waals surface area (Å²) in [5.74, 6) is 0.257. The molecule has 0 radical (unpaired) electrons. The van der Waals surface area contributed by atoms with E-state index in [0.29, 0.717) is 28.4 Å². The van der Waals surface area contributed by atoms with Gasteiger partial charge in [0.05, 0.1) is 17.6 Å². The molecule has 1 aliphatic carbocycles. The number of nitrogens with one attached hydrogen (secondary N) is 2. The molecule has 0 bridgehead atoms. The number of aryl methyl sites for hydroxylation is 3. The Hall–Kier alpha value is -4.11. The summed E-state index contributed by atoms with van der Waals surface area (Å²) < 4.78 is 1.63. The molecule has 0 atom stereocenters. The van der Waals surface area contributed by atoms with Crippen molar-refractivity contribution in [3.05, 3.63) is 87.4 Å². The first kappa shape index (κ1) is 21.4. The third-order valence-electron chi connectivity index (χ3n) is 6.22. The standard InChI is InChI=1S/C26H22N6O2S/c33-23(31-26-28-21(15-35-26)18-10-9-16-5-4-6-17(16)13-18)12-11-22-29-24-20(25(34)30-22)14-27-32(24)19-7-2-1-3-8-19/h1-3,7-10,13-15H,4-6,11-12H2,(H,28,31,33)(H,29,30,34). The lowest BCUT2D eigenvalue weighted by molar-refractivity contribution is -0.116. The van der Waals surface area contributed by atoms with Gasteiger partial charge in [0.15, 0.2) is 10.8 Å². The first-order valence-corrected chi connectivity index (χ1v) is 12.4. The van der Waals surface area contributed by atoms with Crippen molar-refractivity contribution in [3.63, 3.8) is 0 Å². The Morgan fingerprint density at radius 3 is 2.83 bits per heavy atom. The predicted molar refractivity (Wildman–Crippen MR) is 136 cm³/mol. The normalized spacial score (nSPS) is 12.7. The van der Waals surface area contributed by atoms with E-state index in [1.165, 1.54) is 35.1 Å². The molecule has 3 heterocycles. The fraction of sp³-hybridized carbons (Fsp3) is 0.192. The molecule has 0 saturated heterocycles. The molecule has 0 aliphatic heterocycles. The number of hydrogen-bond acceptors (Lipinski definition) is 6. The first-order chi connectivity index (χ1) is 17.1. The van der Waals surface area contributed by atoms with Gasteiger partial charge in [0.2, 0.25) is 5.91 Å². The van der Waals surface area contributed by atoms with Crippen LogP contribution in [-0.2, 0) is 24.1 Å². The highest BCUT2D eigenvalue weighted by atomic mass is 32.1. The van der Waals surface area contributed by atoms with Crippen LogP contribution >= 0.6 is 11.3 Å². The summed E-state index contributed by atoms with van der Waals surface area (Å²) >= 11 is 1.40. The number of rotatable bonds is 6. The van der Waals surface area contributed by atoms with E-state index in [-0.39, 0.29) is 17.9 Å². The Bertz CT molecular complexity index is 1600. The van der Waals surface area contributed by atoms with Crippen LogP contribution < -0.4 is 10.9 Å². The Morgan fingerprint density at radius 1 is 1.09 bits per heavy atom. The molecule has 1 amide bonds. The number of amides is 1. The molecule has 174 valence electrons. The van der Waals surface area contributed by atoms with Crippen molar-refractivity contribution in [1.82, 2.24) is 24.7 Å². The molecule has 2 N–H and O–H groups in total. The Balaban J connectivity index is 1.14. The van der Waals surface area contributed by atoms with E-state index in [1.807, 2.05) is 35.7 Å². The third-order valence-corrected chi connectivity index (χ3v) is 6.98. The lowest BCUT2D eigenvalue weighted by atomic mass is 10.1. The molecular weight excluding hydrogens is 460 g/mol. The monoisotopic (exact) mass is 482 g/mol. The van der Waals surface area contributed by atoms with Crippen LogP contribution in [-0.4, -0.2) is 30.6 Å². The van der Waals surface area contributed by atoms with Gasteiger partial charge >= 0.3 is 0 Å². The van der Waals surface area contributed by atoms with E-state index in [0.717, 1.165) is 29.8 Å². The molecule has 2 aromatic carbocycles. The van der Waals surface area contributed by atoms with Crippen LogP contribution in [0.3, 0.4) is 0 Å². The van der Waals surface area contributed by atoms with Gasteiger partial charge < -0.3 is 10.3 Å². The van der Waals surface area contributed by atoms with Gasteiger partial charge in [-0.15, -0.1) is 11.3 Å². The minimum Gasteiger partial charge on any atom is -0.310 e. The number of carbonyl (C=O) groups is 1. The van der Waals surface area contributed by atoms with Crippen molar-refractivity contribution in [2.24, 2.45) is 0 Å². The van der Waals surface area contributed by atoms with E-state index in [2.05, 4.69) is 43.6 Å². The lowest BCUT2D eigenvalue weighted by Gasteiger charge is -2.05. The van der Waals surface area contributed by atoms with Crippen LogP contribution in [0, 0.1) is 0 Å². The van der Waals surface area contributed by atoms with Crippen LogP contribution in [0.15, 0.2) is 64.9 Å². The molecular formula is C26H22N6O2S. The van der Waals surface area contributed by atoms with Crippen LogP contribution in [0.1, 0.15) is 29.8 Å². The summed E-state index contributed by atoms with van der Waals surface area (Å²) in [7, 11) is 0. The van der Waals surface area contributed by atoms with Gasteiger partial charge in [0.25, 0.3) is 5.56 Å². The number of nitrogens with zero attached hydrogens (tertiary/aromatic N) is 4. The minimum absolute atomic E-state index is 0.168. The maximum absolute atomic E-state index is 12.6. The number of anilines is 1. The van der Waals surface area contributed by atoms with Gasteiger partial charge in [-0.2, -0.15) is 5.10 Å². The summed E-state index contributed by atoms with van der Waals surface area (Å²) in [4.78, 5) is 37.1. The minimum atomic E-state index is -0.272. The average Bonchev–Trinajstić information content (AvgIpc) is 3.62. The molecule has 1 aliphatic rings. The molecule has 3 aromatic heterocycles. The molecule has 0 saturated carbocycles. The van der Waals surface area contributed by atoms with E-state index in [9.17, 15) is 9.59 Å². The Kier molecular flexibility index (Phi) is 5.46. The van der Waals surface area contributed by atoms with Crippen LogP contribution in [0.4, 0.5) is 5.13 Å². The number of hydrogen-bond donors (Lipinski definition) is 2. The number of aromatic amines is 1. The number of fused-ring (bicyclic) bond motifs is 2. The SMILES string of the molecule is O=C(CCc1nc2c(cnn2-c2ccccc2)c(=O)[nH]1)Nc1nc(-c2ccc3c(c2)CCC3)cs1. The molecule has 0 spiro atoms. The van der Waals surface area contributed by atoms with Crippen LogP contribution in [0.2, 0.25) is 0 Å². The van der Waals surface area contributed by atoms with Gasteiger partial charge in [-0.1, -0.05) is 30.3 Å². The summed E-state index contributed by atoms with van der Waals surface area (Å²) in [6.45, 7) is 0. The number of benzene rings is 2. The molecule has 0 fully saturated rings. The number of aromatic nitrogens is 5. The zero-order chi connectivity index (χ0) is 23.8. The molecule has 0 unspecified atom stereocenters. The smallest absolute Gasteiger partial charge is 0.262 e. The topological polar surface area (TPSA) is 106 Å². The number of para-hydroxylation sites is 1.